The molecule has 0 saturated heterocycles. The highest BCUT2D eigenvalue weighted by atomic mass is 16.4. The highest BCUT2D eigenvalue weighted by Gasteiger charge is 2.11. The van der Waals surface area contributed by atoms with Gasteiger partial charge in [0.25, 0.3) is 5.91 Å². The Morgan fingerprint density at radius 2 is 1.95 bits per heavy atom. The predicted octanol–water partition coefficient (Wildman–Crippen LogP) is 3.11. The lowest BCUT2D eigenvalue weighted by atomic mass is 9.98. The second-order valence-corrected chi connectivity index (χ2v) is 5.67. The number of amides is 1. The third-order valence-corrected chi connectivity index (χ3v) is 3.67. The number of nitrogens with one attached hydrogen (secondary N) is 1. The Hall–Kier alpha value is -2.10. The van der Waals surface area contributed by atoms with Crippen molar-refractivity contribution >= 4 is 18.0 Å². The van der Waals surface area contributed by atoms with Gasteiger partial charge in [0.15, 0.2) is 0 Å². The number of aryl methyl sites for hydroxylation is 1. The summed E-state index contributed by atoms with van der Waals surface area (Å²) in [5, 5.41) is 11.6. The zero-order valence-electron chi connectivity index (χ0n) is 13.0. The van der Waals surface area contributed by atoms with Crippen LogP contribution in [-0.2, 0) is 4.79 Å². The third kappa shape index (κ3) is 5.42. The van der Waals surface area contributed by atoms with Gasteiger partial charge in [-0.2, -0.15) is 0 Å². The number of carboxylic acids is 1. The molecule has 1 amide bonds. The number of benzene rings is 1. The zero-order valence-corrected chi connectivity index (χ0v) is 13.0. The van der Waals surface area contributed by atoms with E-state index in [9.17, 15) is 9.59 Å². The largest absolute Gasteiger partial charge is 0.478 e. The summed E-state index contributed by atoms with van der Waals surface area (Å²) < 4.78 is 0. The van der Waals surface area contributed by atoms with E-state index in [1.807, 2.05) is 13.0 Å². The Bertz CT molecular complexity index is 547. The van der Waals surface area contributed by atoms with Gasteiger partial charge < -0.3 is 10.4 Å². The summed E-state index contributed by atoms with van der Waals surface area (Å²) in [7, 11) is 0. The van der Waals surface area contributed by atoms with Crippen molar-refractivity contribution in [3.05, 3.63) is 41.0 Å². The average molecular weight is 289 g/mol. The van der Waals surface area contributed by atoms with Crippen molar-refractivity contribution in [3.63, 3.8) is 0 Å². The summed E-state index contributed by atoms with van der Waals surface area (Å²) in [6.45, 7) is 8.85. The molecule has 1 unspecified atom stereocenters. The summed E-state index contributed by atoms with van der Waals surface area (Å²) in [6, 6.07) is 5.29. The van der Waals surface area contributed by atoms with E-state index >= 15 is 0 Å². The van der Waals surface area contributed by atoms with Crippen LogP contribution in [0.15, 0.2) is 24.3 Å². The van der Waals surface area contributed by atoms with Crippen LogP contribution in [0.4, 0.5) is 0 Å². The Morgan fingerprint density at radius 3 is 2.52 bits per heavy atom. The highest BCUT2D eigenvalue weighted by molar-refractivity contribution is 5.95. The van der Waals surface area contributed by atoms with E-state index in [0.29, 0.717) is 23.9 Å². The first kappa shape index (κ1) is 17.0. The molecular formula is C17H23NO3. The number of carbonyl (C=O) groups excluding carboxylic acids is 1. The van der Waals surface area contributed by atoms with Crippen LogP contribution >= 0.6 is 0 Å². The van der Waals surface area contributed by atoms with Gasteiger partial charge in [-0.05, 0) is 48.1 Å². The van der Waals surface area contributed by atoms with E-state index in [4.69, 9.17) is 5.11 Å². The minimum absolute atomic E-state index is 0.132. The number of aliphatic carboxylic acids is 1. The van der Waals surface area contributed by atoms with Gasteiger partial charge in [-0.15, -0.1) is 0 Å². The number of rotatable bonds is 6. The van der Waals surface area contributed by atoms with Gasteiger partial charge in [0.1, 0.15) is 0 Å². The molecule has 1 aromatic carbocycles. The number of hydrogen-bond acceptors (Lipinski definition) is 2. The smallest absolute Gasteiger partial charge is 0.328 e. The molecule has 1 atom stereocenters. The molecule has 4 nitrogen and oxygen atoms in total. The van der Waals surface area contributed by atoms with Gasteiger partial charge in [0.2, 0.25) is 0 Å². The van der Waals surface area contributed by atoms with Crippen molar-refractivity contribution in [1.29, 1.82) is 0 Å². The lowest BCUT2D eigenvalue weighted by Gasteiger charge is -2.16. The van der Waals surface area contributed by atoms with Crippen LogP contribution in [0.3, 0.4) is 0 Å². The molecule has 0 spiro atoms. The second-order valence-electron chi connectivity index (χ2n) is 5.67. The molecule has 1 aromatic rings. The molecule has 0 aromatic heterocycles. The summed E-state index contributed by atoms with van der Waals surface area (Å²) in [5.41, 5.74) is 2.21. The predicted molar refractivity (Wildman–Crippen MR) is 84.2 cm³/mol. The van der Waals surface area contributed by atoms with Crippen LogP contribution in [0.25, 0.3) is 6.08 Å². The molecule has 0 saturated carbocycles. The Labute approximate surface area is 125 Å². The average Bonchev–Trinajstić information content (AvgIpc) is 2.43. The molecule has 0 aliphatic carbocycles. The zero-order chi connectivity index (χ0) is 16.0. The maximum Gasteiger partial charge on any atom is 0.328 e. The van der Waals surface area contributed by atoms with E-state index in [1.165, 1.54) is 6.08 Å². The van der Waals surface area contributed by atoms with Gasteiger partial charge in [0, 0.05) is 18.2 Å². The fourth-order valence-electron chi connectivity index (χ4n) is 1.71. The minimum atomic E-state index is -1.00. The standard InChI is InChI=1S/C17H23NO3/c1-11(2)13(4)10-18-17(21)15-6-5-12(3)14(9-15)7-8-16(19)20/h5-9,11,13H,10H2,1-4H3,(H,18,21)(H,19,20)/b8-7+. The fraction of sp³-hybridized carbons (Fsp3) is 0.412. The molecule has 0 aliphatic heterocycles. The molecule has 114 valence electrons. The number of carbonyl (C=O) groups is 2. The van der Waals surface area contributed by atoms with Crippen molar-refractivity contribution in [2.75, 3.05) is 6.54 Å². The molecule has 0 radical (unpaired) electrons. The molecule has 1 rings (SSSR count). The molecule has 2 N–H and O–H groups in total. The van der Waals surface area contributed by atoms with Crippen molar-refractivity contribution in [1.82, 2.24) is 5.32 Å². The van der Waals surface area contributed by atoms with Gasteiger partial charge >= 0.3 is 5.97 Å². The molecule has 0 aliphatic rings. The van der Waals surface area contributed by atoms with Crippen LogP contribution in [0.5, 0.6) is 0 Å². The van der Waals surface area contributed by atoms with Crippen LogP contribution in [-0.4, -0.2) is 23.5 Å². The van der Waals surface area contributed by atoms with Crippen molar-refractivity contribution in [3.8, 4) is 0 Å². The maximum absolute atomic E-state index is 12.1. The molecule has 21 heavy (non-hydrogen) atoms. The third-order valence-electron chi connectivity index (χ3n) is 3.67. The Kier molecular flexibility index (Phi) is 6.15. The molecule has 0 bridgehead atoms. The molecule has 0 fully saturated rings. The summed E-state index contributed by atoms with van der Waals surface area (Å²) in [6.07, 6.45) is 2.58. The topological polar surface area (TPSA) is 66.4 Å². The fourth-order valence-corrected chi connectivity index (χ4v) is 1.71. The van der Waals surface area contributed by atoms with E-state index < -0.39 is 5.97 Å². The monoisotopic (exact) mass is 289 g/mol. The lowest BCUT2D eigenvalue weighted by Crippen LogP contribution is -2.30. The maximum atomic E-state index is 12.1. The van der Waals surface area contributed by atoms with Crippen LogP contribution in [0.2, 0.25) is 0 Å². The van der Waals surface area contributed by atoms with Crippen LogP contribution < -0.4 is 5.32 Å². The van der Waals surface area contributed by atoms with Gasteiger partial charge in [-0.1, -0.05) is 26.8 Å². The van der Waals surface area contributed by atoms with Gasteiger partial charge in [-0.3, -0.25) is 4.79 Å². The lowest BCUT2D eigenvalue weighted by molar-refractivity contribution is -0.131. The van der Waals surface area contributed by atoms with E-state index in [1.54, 1.807) is 12.1 Å². The number of hydrogen-bond donors (Lipinski definition) is 2. The quantitative estimate of drug-likeness (QED) is 0.791. The Balaban J connectivity index is 2.81. The molecule has 4 heteroatoms. The highest BCUT2D eigenvalue weighted by Crippen LogP contribution is 2.14. The van der Waals surface area contributed by atoms with E-state index in [2.05, 4.69) is 26.1 Å². The first-order valence-corrected chi connectivity index (χ1v) is 7.11. The first-order chi connectivity index (χ1) is 9.81. The Morgan fingerprint density at radius 1 is 1.29 bits per heavy atom. The van der Waals surface area contributed by atoms with Gasteiger partial charge in [-0.25, -0.2) is 4.79 Å². The molecule has 0 heterocycles. The summed E-state index contributed by atoms with van der Waals surface area (Å²) in [5.74, 6) is -0.217. The minimum Gasteiger partial charge on any atom is -0.478 e. The van der Waals surface area contributed by atoms with Crippen molar-refractivity contribution in [2.45, 2.75) is 27.7 Å². The van der Waals surface area contributed by atoms with Crippen LogP contribution in [0, 0.1) is 18.8 Å². The summed E-state index contributed by atoms with van der Waals surface area (Å²) in [4.78, 5) is 22.7. The van der Waals surface area contributed by atoms with Crippen molar-refractivity contribution in [2.24, 2.45) is 11.8 Å². The van der Waals surface area contributed by atoms with E-state index in [-0.39, 0.29) is 5.91 Å². The normalized spacial score (nSPS) is 12.6. The number of carboxylic acid groups (broad SMARTS) is 1. The summed E-state index contributed by atoms with van der Waals surface area (Å²) >= 11 is 0. The van der Waals surface area contributed by atoms with Gasteiger partial charge in [0.05, 0.1) is 0 Å². The SMILES string of the molecule is Cc1ccc(C(=O)NCC(C)C(C)C)cc1/C=C/C(=O)O. The van der Waals surface area contributed by atoms with E-state index in [0.717, 1.165) is 17.2 Å². The molecular weight excluding hydrogens is 266 g/mol. The van der Waals surface area contributed by atoms with Crippen LogP contribution in [0.1, 0.15) is 42.3 Å². The van der Waals surface area contributed by atoms with Crippen molar-refractivity contribution < 1.29 is 14.7 Å². The second kappa shape index (κ2) is 7.62. The first-order valence-electron chi connectivity index (χ1n) is 7.11.